The molecule has 8 heteroatoms. The molecule has 0 bridgehead atoms. The maximum absolute atomic E-state index is 12.7. The number of aliphatic imine (C=N–C) groups is 1. The van der Waals surface area contributed by atoms with E-state index in [0.29, 0.717) is 15.5 Å². The lowest BCUT2D eigenvalue weighted by molar-refractivity contribution is -0.137. The lowest BCUT2D eigenvalue weighted by atomic mass is 10.2. The number of nitrogens with one attached hydrogen (secondary N) is 1. The van der Waals surface area contributed by atoms with Gasteiger partial charge >= 0.3 is 6.18 Å². The molecule has 0 saturated carbocycles. The van der Waals surface area contributed by atoms with Gasteiger partial charge < -0.3 is 5.32 Å². The van der Waals surface area contributed by atoms with Crippen molar-refractivity contribution >= 4 is 46.2 Å². The molecule has 1 fully saturated rings. The molecule has 0 atom stereocenters. The van der Waals surface area contributed by atoms with E-state index in [9.17, 15) is 18.0 Å². The number of halogens is 4. The van der Waals surface area contributed by atoms with Crippen LogP contribution in [0, 0.1) is 0 Å². The first kappa shape index (κ1) is 17.6. The van der Waals surface area contributed by atoms with Gasteiger partial charge in [0.2, 0.25) is 0 Å². The van der Waals surface area contributed by atoms with Crippen molar-refractivity contribution in [2.75, 3.05) is 0 Å². The summed E-state index contributed by atoms with van der Waals surface area (Å²) in [5.74, 6) is -0.379. The quantitative estimate of drug-likeness (QED) is 0.721. The number of carbonyl (C=O) groups excluding carboxylic acids is 1. The molecule has 1 N–H and O–H groups in total. The molecule has 1 saturated heterocycles. The largest absolute Gasteiger partial charge is 0.416 e. The van der Waals surface area contributed by atoms with E-state index in [4.69, 9.17) is 11.6 Å². The SMILES string of the molecule is O=C1NC(=Nc2cccc(C(F)(F)F)c2)SC1=Cc1ccccc1Cl. The van der Waals surface area contributed by atoms with Gasteiger partial charge in [-0.1, -0.05) is 35.9 Å². The highest BCUT2D eigenvalue weighted by Gasteiger charge is 2.30. The number of amides is 1. The van der Waals surface area contributed by atoms with Crippen LogP contribution in [0.2, 0.25) is 5.02 Å². The van der Waals surface area contributed by atoms with Crippen molar-refractivity contribution in [3.8, 4) is 0 Å². The van der Waals surface area contributed by atoms with Crippen molar-refractivity contribution in [1.29, 1.82) is 0 Å². The first-order valence-electron chi connectivity index (χ1n) is 7.04. The van der Waals surface area contributed by atoms with Crippen molar-refractivity contribution in [2.24, 2.45) is 4.99 Å². The maximum atomic E-state index is 12.7. The number of thioether (sulfide) groups is 1. The van der Waals surface area contributed by atoms with Gasteiger partial charge in [-0.2, -0.15) is 13.2 Å². The normalized spacial score (nSPS) is 18.0. The Morgan fingerprint density at radius 2 is 1.88 bits per heavy atom. The lowest BCUT2D eigenvalue weighted by Crippen LogP contribution is -2.19. The topological polar surface area (TPSA) is 41.5 Å². The molecule has 2 aromatic rings. The van der Waals surface area contributed by atoms with E-state index in [-0.39, 0.29) is 16.8 Å². The second-order valence-electron chi connectivity index (χ2n) is 5.05. The minimum absolute atomic E-state index is 0.108. The zero-order valence-corrected chi connectivity index (χ0v) is 14.0. The Labute approximate surface area is 150 Å². The molecule has 1 heterocycles. The monoisotopic (exact) mass is 382 g/mol. The van der Waals surface area contributed by atoms with Crippen LogP contribution >= 0.6 is 23.4 Å². The molecule has 0 radical (unpaired) electrons. The van der Waals surface area contributed by atoms with Crippen molar-refractivity contribution in [2.45, 2.75) is 6.18 Å². The van der Waals surface area contributed by atoms with E-state index < -0.39 is 11.7 Å². The maximum Gasteiger partial charge on any atom is 0.416 e. The molecular formula is C17H10ClF3N2OS. The molecule has 0 aliphatic carbocycles. The molecule has 128 valence electrons. The Kier molecular flexibility index (Phi) is 4.87. The number of hydrogen-bond donors (Lipinski definition) is 1. The third-order valence-electron chi connectivity index (χ3n) is 3.25. The average molecular weight is 383 g/mol. The summed E-state index contributed by atoms with van der Waals surface area (Å²) in [5, 5.41) is 3.23. The zero-order valence-electron chi connectivity index (χ0n) is 12.5. The van der Waals surface area contributed by atoms with E-state index >= 15 is 0 Å². The number of benzene rings is 2. The van der Waals surface area contributed by atoms with Crippen LogP contribution in [-0.2, 0) is 11.0 Å². The summed E-state index contributed by atoms with van der Waals surface area (Å²) in [5.41, 5.74) is -0.0192. The predicted octanol–water partition coefficient (Wildman–Crippen LogP) is 5.25. The lowest BCUT2D eigenvalue weighted by Gasteiger charge is -2.06. The Morgan fingerprint density at radius 3 is 2.60 bits per heavy atom. The van der Waals surface area contributed by atoms with Crippen molar-refractivity contribution in [3.63, 3.8) is 0 Å². The van der Waals surface area contributed by atoms with Gasteiger partial charge in [0.25, 0.3) is 5.91 Å². The van der Waals surface area contributed by atoms with E-state index in [2.05, 4.69) is 10.3 Å². The summed E-state index contributed by atoms with van der Waals surface area (Å²) in [4.78, 5) is 16.4. The molecular weight excluding hydrogens is 373 g/mol. The van der Waals surface area contributed by atoms with E-state index in [0.717, 1.165) is 23.9 Å². The third-order valence-corrected chi connectivity index (χ3v) is 4.50. The van der Waals surface area contributed by atoms with Crippen molar-refractivity contribution in [3.05, 3.63) is 69.6 Å². The van der Waals surface area contributed by atoms with Gasteiger partial charge in [0.1, 0.15) is 0 Å². The summed E-state index contributed by atoms with van der Waals surface area (Å²) in [6.07, 6.45) is -2.84. The Bertz CT molecular complexity index is 893. The summed E-state index contributed by atoms with van der Waals surface area (Å²) in [6.45, 7) is 0. The Morgan fingerprint density at radius 1 is 1.12 bits per heavy atom. The molecule has 2 aromatic carbocycles. The fraction of sp³-hybridized carbons (Fsp3) is 0.0588. The van der Waals surface area contributed by atoms with Crippen molar-refractivity contribution in [1.82, 2.24) is 5.32 Å². The highest BCUT2D eigenvalue weighted by molar-refractivity contribution is 8.18. The number of nitrogens with zero attached hydrogens (tertiary/aromatic N) is 1. The second kappa shape index (κ2) is 6.93. The van der Waals surface area contributed by atoms with Gasteiger partial charge in [-0.25, -0.2) is 4.99 Å². The number of hydrogen-bond acceptors (Lipinski definition) is 3. The van der Waals surface area contributed by atoms with Gasteiger partial charge in [0, 0.05) is 5.02 Å². The molecule has 3 nitrogen and oxygen atoms in total. The van der Waals surface area contributed by atoms with E-state index in [1.807, 2.05) is 0 Å². The van der Waals surface area contributed by atoms with Gasteiger partial charge in [0.15, 0.2) is 5.17 Å². The van der Waals surface area contributed by atoms with Crippen LogP contribution in [0.15, 0.2) is 58.4 Å². The number of alkyl halides is 3. The third kappa shape index (κ3) is 4.24. The highest BCUT2D eigenvalue weighted by Crippen LogP contribution is 2.33. The molecule has 0 unspecified atom stereocenters. The minimum Gasteiger partial charge on any atom is -0.300 e. The zero-order chi connectivity index (χ0) is 18.0. The molecule has 3 rings (SSSR count). The highest BCUT2D eigenvalue weighted by atomic mass is 35.5. The van der Waals surface area contributed by atoms with Crippen LogP contribution in [0.3, 0.4) is 0 Å². The van der Waals surface area contributed by atoms with E-state index in [1.165, 1.54) is 12.1 Å². The Hall–Kier alpha value is -2.25. The number of carbonyl (C=O) groups is 1. The van der Waals surface area contributed by atoms with Gasteiger partial charge in [-0.15, -0.1) is 0 Å². The van der Waals surface area contributed by atoms with Crippen LogP contribution < -0.4 is 5.32 Å². The molecule has 0 spiro atoms. The van der Waals surface area contributed by atoms with Crippen LogP contribution in [0.1, 0.15) is 11.1 Å². The molecule has 25 heavy (non-hydrogen) atoms. The average Bonchev–Trinajstić information content (AvgIpc) is 2.88. The molecule has 1 aliphatic heterocycles. The van der Waals surface area contributed by atoms with Crippen molar-refractivity contribution < 1.29 is 18.0 Å². The Balaban J connectivity index is 1.86. The minimum atomic E-state index is -4.45. The van der Waals surface area contributed by atoms with Crippen LogP contribution in [-0.4, -0.2) is 11.1 Å². The van der Waals surface area contributed by atoms with Gasteiger partial charge in [-0.3, -0.25) is 4.79 Å². The van der Waals surface area contributed by atoms with Crippen LogP contribution in [0.25, 0.3) is 6.08 Å². The molecule has 1 aliphatic rings. The summed E-state index contributed by atoms with van der Waals surface area (Å²) in [6, 6.07) is 11.6. The first-order valence-corrected chi connectivity index (χ1v) is 8.24. The fourth-order valence-electron chi connectivity index (χ4n) is 2.08. The second-order valence-corrected chi connectivity index (χ2v) is 6.49. The standard InChI is InChI=1S/C17H10ClF3N2OS/c18-13-7-2-1-4-10(13)8-14-15(24)23-16(25-14)22-12-6-3-5-11(9-12)17(19,20)21/h1-9H,(H,22,23,24). The summed E-state index contributed by atoms with van der Waals surface area (Å²) < 4.78 is 38.2. The number of rotatable bonds is 2. The van der Waals surface area contributed by atoms with Gasteiger partial charge in [-0.05, 0) is 47.7 Å². The smallest absolute Gasteiger partial charge is 0.300 e. The van der Waals surface area contributed by atoms with Crippen LogP contribution in [0.4, 0.5) is 18.9 Å². The first-order chi connectivity index (χ1) is 11.8. The van der Waals surface area contributed by atoms with Crippen LogP contribution in [0.5, 0.6) is 0 Å². The molecule has 1 amide bonds. The summed E-state index contributed by atoms with van der Waals surface area (Å²) in [7, 11) is 0. The fourth-order valence-corrected chi connectivity index (χ4v) is 3.11. The predicted molar refractivity (Wildman–Crippen MR) is 93.7 cm³/mol. The van der Waals surface area contributed by atoms with Gasteiger partial charge in [0.05, 0.1) is 16.2 Å². The number of amidine groups is 1. The molecule has 0 aromatic heterocycles. The summed E-state index contributed by atoms with van der Waals surface area (Å²) >= 11 is 7.10. The van der Waals surface area contributed by atoms with E-state index in [1.54, 1.807) is 30.3 Å².